The molecule has 0 aliphatic rings. The van der Waals surface area contributed by atoms with Gasteiger partial charge < -0.3 is 0 Å². The molecule has 0 amide bonds. The first-order valence-corrected chi connectivity index (χ1v) is 9.86. The average Bonchev–Trinajstić information content (AvgIpc) is 2.69. The molecular weight excluding hydrogens is 414 g/mol. The second kappa shape index (κ2) is 8.77. The Morgan fingerprint density at radius 1 is 0.613 bits per heavy atom. The molecule has 0 spiro atoms. The normalized spacial score (nSPS) is 12.4. The van der Waals surface area contributed by atoms with E-state index < -0.39 is 29.0 Å². The highest BCUT2D eigenvalue weighted by Crippen LogP contribution is 2.41. The number of aryl methyl sites for hydroxylation is 2. The molecule has 0 saturated heterocycles. The Labute approximate surface area is 177 Å². The molecule has 0 heterocycles. The zero-order valence-electron chi connectivity index (χ0n) is 17.1. The maximum atomic E-state index is 13.5. The van der Waals surface area contributed by atoms with E-state index in [1.165, 1.54) is 0 Å². The van der Waals surface area contributed by atoms with Crippen LogP contribution in [0, 0.1) is 13.8 Å². The Morgan fingerprint density at radius 2 is 1.00 bits per heavy atom. The van der Waals surface area contributed by atoms with E-state index >= 15 is 0 Å². The van der Waals surface area contributed by atoms with Gasteiger partial charge in [0.15, 0.2) is 0 Å². The van der Waals surface area contributed by atoms with Gasteiger partial charge in [-0.3, -0.25) is 0 Å². The van der Waals surface area contributed by atoms with Crippen molar-refractivity contribution in [1.29, 1.82) is 0 Å². The molecule has 6 heteroatoms. The van der Waals surface area contributed by atoms with Crippen molar-refractivity contribution in [2.75, 3.05) is 0 Å². The predicted molar refractivity (Wildman–Crippen MR) is 109 cm³/mol. The summed E-state index contributed by atoms with van der Waals surface area (Å²) in [5, 5.41) is 0. The summed E-state index contributed by atoms with van der Waals surface area (Å²) in [6.07, 6.45) is -9.96. The molecule has 0 bridgehead atoms. The fraction of sp³-hybridized carbons (Fsp3) is 0.280. The Balaban J connectivity index is 2.04. The molecule has 0 nitrogen and oxygen atoms in total. The van der Waals surface area contributed by atoms with Gasteiger partial charge in [-0.05, 0) is 55.5 Å². The van der Waals surface area contributed by atoms with Crippen LogP contribution in [0.2, 0.25) is 0 Å². The van der Waals surface area contributed by atoms with Gasteiger partial charge in [0, 0.05) is 5.92 Å². The molecule has 164 valence electrons. The van der Waals surface area contributed by atoms with Crippen LogP contribution in [0.15, 0.2) is 66.7 Å². The van der Waals surface area contributed by atoms with Gasteiger partial charge in [0.25, 0.3) is 0 Å². The summed E-state index contributed by atoms with van der Waals surface area (Å²) >= 11 is 0. The number of halogens is 6. The highest BCUT2D eigenvalue weighted by atomic mass is 19.4. The van der Waals surface area contributed by atoms with Crippen LogP contribution in [0.5, 0.6) is 0 Å². The van der Waals surface area contributed by atoms with Crippen LogP contribution < -0.4 is 0 Å². The first-order valence-electron chi connectivity index (χ1n) is 9.86. The van der Waals surface area contributed by atoms with Gasteiger partial charge in [0.2, 0.25) is 0 Å². The first kappa shape index (κ1) is 22.9. The van der Waals surface area contributed by atoms with Gasteiger partial charge in [-0.15, -0.1) is 0 Å². The van der Waals surface area contributed by atoms with Crippen molar-refractivity contribution in [2.24, 2.45) is 0 Å². The zero-order chi connectivity index (χ0) is 22.8. The smallest absolute Gasteiger partial charge is 0.166 e. The first-order chi connectivity index (χ1) is 14.5. The van der Waals surface area contributed by atoms with Gasteiger partial charge in [0.1, 0.15) is 0 Å². The molecule has 0 unspecified atom stereocenters. The zero-order valence-corrected chi connectivity index (χ0v) is 17.1. The molecule has 0 aliphatic heterocycles. The Bertz CT molecular complexity index is 934. The quantitative estimate of drug-likeness (QED) is 0.355. The monoisotopic (exact) mass is 436 g/mol. The molecule has 3 aromatic rings. The third-order valence-electron chi connectivity index (χ3n) is 5.43. The van der Waals surface area contributed by atoms with Crippen LogP contribution in [-0.2, 0) is 18.8 Å². The lowest BCUT2D eigenvalue weighted by Gasteiger charge is -2.22. The van der Waals surface area contributed by atoms with Crippen LogP contribution in [0.1, 0.15) is 51.3 Å². The van der Waals surface area contributed by atoms with Gasteiger partial charge in [-0.2, -0.15) is 26.3 Å². The molecule has 0 atom stereocenters. The van der Waals surface area contributed by atoms with E-state index in [2.05, 4.69) is 0 Å². The predicted octanol–water partition coefficient (Wildman–Crippen LogP) is 8.11. The molecular formula is C25H22F6. The van der Waals surface area contributed by atoms with Crippen molar-refractivity contribution < 1.29 is 26.3 Å². The molecule has 31 heavy (non-hydrogen) atoms. The van der Waals surface area contributed by atoms with Gasteiger partial charge in [0.05, 0.1) is 11.1 Å². The highest BCUT2D eigenvalue weighted by Gasteiger charge is 2.40. The fourth-order valence-electron chi connectivity index (χ4n) is 3.80. The number of hydrogen-bond donors (Lipinski definition) is 0. The van der Waals surface area contributed by atoms with Gasteiger partial charge in [-0.1, -0.05) is 65.7 Å². The number of rotatable bonds is 5. The largest absolute Gasteiger partial charge is 0.416 e. The highest BCUT2D eigenvalue weighted by molar-refractivity contribution is 5.41. The summed E-state index contributed by atoms with van der Waals surface area (Å²) < 4.78 is 81.1. The van der Waals surface area contributed by atoms with Crippen LogP contribution in [0.3, 0.4) is 0 Å². The molecule has 0 radical (unpaired) electrons. The number of hydrogen-bond acceptors (Lipinski definition) is 0. The van der Waals surface area contributed by atoms with E-state index in [1.54, 1.807) is 0 Å². The van der Waals surface area contributed by atoms with Crippen molar-refractivity contribution in [3.8, 4) is 0 Å². The topological polar surface area (TPSA) is 0 Å². The third kappa shape index (κ3) is 5.49. The average molecular weight is 436 g/mol. The van der Waals surface area contributed by atoms with Crippen molar-refractivity contribution in [3.63, 3.8) is 0 Å². The summed E-state index contributed by atoms with van der Waals surface area (Å²) in [5.41, 5.74) is 0.593. The van der Waals surface area contributed by atoms with Crippen molar-refractivity contribution in [3.05, 3.63) is 106 Å². The lowest BCUT2D eigenvalue weighted by atomic mass is 9.84. The standard InChI is InChI=1S/C25H22F6/c1-16-6-10-18(11-7-16)20(19-12-8-17(2)9-13-19)14-15-21-22(24(26,27)28)4-3-5-23(21)25(29,30)31/h3-13,20H,14-15H2,1-2H3. The van der Waals surface area contributed by atoms with E-state index in [0.717, 1.165) is 40.5 Å². The number of alkyl halides is 6. The molecule has 0 aromatic heterocycles. The molecule has 0 aliphatic carbocycles. The Hall–Kier alpha value is -2.76. The van der Waals surface area contributed by atoms with Crippen molar-refractivity contribution in [1.82, 2.24) is 0 Å². The summed E-state index contributed by atoms with van der Waals surface area (Å²) in [4.78, 5) is 0. The van der Waals surface area contributed by atoms with E-state index in [4.69, 9.17) is 0 Å². The van der Waals surface area contributed by atoms with Crippen molar-refractivity contribution >= 4 is 0 Å². The minimum atomic E-state index is -4.86. The number of benzene rings is 3. The van der Waals surface area contributed by atoms with Crippen LogP contribution in [0.4, 0.5) is 26.3 Å². The van der Waals surface area contributed by atoms with E-state index in [-0.39, 0.29) is 18.8 Å². The molecule has 3 rings (SSSR count). The van der Waals surface area contributed by atoms with Gasteiger partial charge >= 0.3 is 12.4 Å². The maximum Gasteiger partial charge on any atom is 0.416 e. The Morgan fingerprint density at radius 3 is 1.35 bits per heavy atom. The lowest BCUT2D eigenvalue weighted by Crippen LogP contribution is -2.17. The SMILES string of the molecule is Cc1ccc(C(CCc2c(C(F)(F)F)cccc2C(F)(F)F)c2ccc(C)cc2)cc1. The van der Waals surface area contributed by atoms with Gasteiger partial charge in [-0.25, -0.2) is 0 Å². The van der Waals surface area contributed by atoms with E-state index in [9.17, 15) is 26.3 Å². The van der Waals surface area contributed by atoms with E-state index in [0.29, 0.717) is 0 Å². The fourth-order valence-corrected chi connectivity index (χ4v) is 3.80. The molecule has 0 fully saturated rings. The van der Waals surface area contributed by atoms with Crippen LogP contribution in [-0.4, -0.2) is 0 Å². The molecule has 0 N–H and O–H groups in total. The second-order valence-corrected chi connectivity index (χ2v) is 7.74. The molecule has 3 aromatic carbocycles. The van der Waals surface area contributed by atoms with Crippen molar-refractivity contribution in [2.45, 2.75) is 45.0 Å². The summed E-state index contributed by atoms with van der Waals surface area (Å²) in [7, 11) is 0. The third-order valence-corrected chi connectivity index (χ3v) is 5.43. The molecule has 0 saturated carbocycles. The van der Waals surface area contributed by atoms with Crippen LogP contribution >= 0.6 is 0 Å². The van der Waals surface area contributed by atoms with E-state index in [1.807, 2.05) is 62.4 Å². The summed E-state index contributed by atoms with van der Waals surface area (Å²) in [5.74, 6) is -0.330. The minimum Gasteiger partial charge on any atom is -0.166 e. The maximum absolute atomic E-state index is 13.5. The summed E-state index contributed by atoms with van der Waals surface area (Å²) in [6, 6.07) is 17.3. The van der Waals surface area contributed by atoms with Crippen LogP contribution in [0.25, 0.3) is 0 Å². The minimum absolute atomic E-state index is 0.113. The lowest BCUT2D eigenvalue weighted by molar-refractivity contribution is -0.144. The Kier molecular flexibility index (Phi) is 6.48. The summed E-state index contributed by atoms with van der Waals surface area (Å²) in [6.45, 7) is 3.83. The second-order valence-electron chi connectivity index (χ2n) is 7.74.